The van der Waals surface area contributed by atoms with E-state index >= 15 is 0 Å². The fraction of sp³-hybridized carbons (Fsp3) is 0.125. The standard InChI is InChI=1S/C8H8O5S.ClH/c1-12-8(9)13-14(10,11)7-5-3-2-4-6-7;/h2-6H,1H3;1H. The Labute approximate surface area is 93.5 Å². The van der Waals surface area contributed by atoms with Gasteiger partial charge in [0.15, 0.2) is 0 Å². The lowest BCUT2D eigenvalue weighted by Gasteiger charge is -2.02. The average molecular weight is 253 g/mol. The zero-order valence-corrected chi connectivity index (χ0v) is 9.38. The Bertz CT molecular complexity index is 414. The van der Waals surface area contributed by atoms with Gasteiger partial charge in [-0.1, -0.05) is 18.2 Å². The third-order valence-corrected chi connectivity index (χ3v) is 2.58. The Morgan fingerprint density at radius 3 is 2.20 bits per heavy atom. The highest BCUT2D eigenvalue weighted by molar-refractivity contribution is 7.87. The van der Waals surface area contributed by atoms with E-state index in [-0.39, 0.29) is 17.3 Å². The minimum atomic E-state index is -4.05. The molecule has 0 aliphatic carbocycles. The highest BCUT2D eigenvalue weighted by Crippen LogP contribution is 2.11. The normalized spacial score (nSPS) is 9.93. The monoisotopic (exact) mass is 252 g/mol. The van der Waals surface area contributed by atoms with Crippen molar-refractivity contribution in [3.05, 3.63) is 30.3 Å². The lowest BCUT2D eigenvalue weighted by molar-refractivity contribution is 0.124. The van der Waals surface area contributed by atoms with Crippen LogP contribution in [0, 0.1) is 0 Å². The molecule has 0 unspecified atom stereocenters. The number of hydrogen-bond acceptors (Lipinski definition) is 5. The molecule has 0 aliphatic heterocycles. The molecule has 0 bridgehead atoms. The van der Waals surface area contributed by atoms with Crippen molar-refractivity contribution >= 4 is 28.7 Å². The van der Waals surface area contributed by atoms with Gasteiger partial charge >= 0.3 is 16.3 Å². The van der Waals surface area contributed by atoms with Crippen LogP contribution in [0.3, 0.4) is 0 Å². The van der Waals surface area contributed by atoms with Gasteiger partial charge in [0.2, 0.25) is 0 Å². The van der Waals surface area contributed by atoms with Crippen LogP contribution in [-0.4, -0.2) is 21.7 Å². The van der Waals surface area contributed by atoms with Crippen LogP contribution < -0.4 is 0 Å². The number of halogens is 1. The zero-order chi connectivity index (χ0) is 10.6. The van der Waals surface area contributed by atoms with Gasteiger partial charge in [-0.05, 0) is 12.1 Å². The van der Waals surface area contributed by atoms with E-state index in [1.807, 2.05) is 0 Å². The van der Waals surface area contributed by atoms with E-state index < -0.39 is 16.3 Å². The Kier molecular flexibility index (Phi) is 5.10. The summed E-state index contributed by atoms with van der Waals surface area (Å²) in [5.41, 5.74) is 0. The molecule has 1 aromatic rings. The van der Waals surface area contributed by atoms with Crippen molar-refractivity contribution in [3.8, 4) is 0 Å². The summed E-state index contributed by atoms with van der Waals surface area (Å²) < 4.78 is 30.7. The number of carbonyl (C=O) groups excluding carboxylic acids is 1. The molecule has 0 amide bonds. The Morgan fingerprint density at radius 1 is 1.20 bits per heavy atom. The fourth-order valence-electron chi connectivity index (χ4n) is 0.759. The maximum atomic E-state index is 11.3. The highest BCUT2D eigenvalue weighted by atomic mass is 35.5. The molecular formula is C8H9ClO5S. The Balaban J connectivity index is 0.00000196. The van der Waals surface area contributed by atoms with E-state index in [4.69, 9.17) is 0 Å². The largest absolute Gasteiger partial charge is 0.524 e. The molecule has 0 saturated carbocycles. The molecule has 1 aromatic carbocycles. The smallest absolute Gasteiger partial charge is 0.437 e. The molecule has 1 rings (SSSR count). The first-order valence-electron chi connectivity index (χ1n) is 3.64. The SMILES string of the molecule is COC(=O)OS(=O)(=O)c1ccccc1.Cl. The first-order chi connectivity index (χ1) is 6.56. The van der Waals surface area contributed by atoms with Gasteiger partial charge < -0.3 is 8.92 Å². The van der Waals surface area contributed by atoms with Gasteiger partial charge in [-0.25, -0.2) is 4.79 Å². The molecule has 0 fully saturated rings. The molecule has 0 aliphatic rings. The molecule has 15 heavy (non-hydrogen) atoms. The van der Waals surface area contributed by atoms with E-state index in [1.165, 1.54) is 24.3 Å². The van der Waals surface area contributed by atoms with Crippen molar-refractivity contribution < 1.29 is 22.1 Å². The number of ether oxygens (including phenoxy) is 1. The van der Waals surface area contributed by atoms with Crippen molar-refractivity contribution in [2.45, 2.75) is 4.90 Å². The quantitative estimate of drug-likeness (QED) is 0.590. The van der Waals surface area contributed by atoms with Crippen LogP contribution in [0.25, 0.3) is 0 Å². The van der Waals surface area contributed by atoms with Crippen molar-refractivity contribution in [2.24, 2.45) is 0 Å². The van der Waals surface area contributed by atoms with E-state index in [2.05, 4.69) is 8.92 Å². The second-order valence-electron chi connectivity index (χ2n) is 2.30. The predicted molar refractivity (Wildman–Crippen MR) is 54.4 cm³/mol. The van der Waals surface area contributed by atoms with E-state index in [1.54, 1.807) is 6.07 Å². The fourth-order valence-corrected chi connectivity index (χ4v) is 1.59. The first-order valence-corrected chi connectivity index (χ1v) is 5.04. The molecule has 84 valence electrons. The molecule has 5 nitrogen and oxygen atoms in total. The second kappa shape index (κ2) is 5.57. The zero-order valence-electron chi connectivity index (χ0n) is 7.74. The summed E-state index contributed by atoms with van der Waals surface area (Å²) in [5.74, 6) is 0. The Morgan fingerprint density at radius 2 is 1.73 bits per heavy atom. The molecule has 0 radical (unpaired) electrons. The van der Waals surface area contributed by atoms with Crippen LogP contribution in [0.2, 0.25) is 0 Å². The lowest BCUT2D eigenvalue weighted by Crippen LogP contribution is -2.12. The number of hydrogen-bond donors (Lipinski definition) is 0. The Hall–Kier alpha value is -1.27. The van der Waals surface area contributed by atoms with Gasteiger partial charge in [-0.3, -0.25) is 0 Å². The van der Waals surface area contributed by atoms with E-state index in [9.17, 15) is 13.2 Å². The summed E-state index contributed by atoms with van der Waals surface area (Å²) in [5, 5.41) is 0. The van der Waals surface area contributed by atoms with Crippen LogP contribution in [0.5, 0.6) is 0 Å². The number of methoxy groups -OCH3 is 1. The van der Waals surface area contributed by atoms with Crippen LogP contribution in [0.15, 0.2) is 35.2 Å². The summed E-state index contributed by atoms with van der Waals surface area (Å²) in [4.78, 5) is 10.5. The molecule has 0 saturated heterocycles. The van der Waals surface area contributed by atoms with Crippen LogP contribution in [0.4, 0.5) is 4.79 Å². The molecule has 0 N–H and O–H groups in total. The summed E-state index contributed by atoms with van der Waals surface area (Å²) >= 11 is 0. The molecule has 7 heteroatoms. The molecule has 0 atom stereocenters. The van der Waals surface area contributed by atoms with Gasteiger partial charge in [0.1, 0.15) is 4.90 Å². The van der Waals surface area contributed by atoms with Gasteiger partial charge in [0.25, 0.3) is 0 Å². The van der Waals surface area contributed by atoms with Gasteiger partial charge in [0.05, 0.1) is 7.11 Å². The van der Waals surface area contributed by atoms with Crippen LogP contribution in [-0.2, 0) is 19.0 Å². The maximum absolute atomic E-state index is 11.3. The van der Waals surface area contributed by atoms with Gasteiger partial charge in [-0.15, -0.1) is 12.4 Å². The number of rotatable bonds is 2. The lowest BCUT2D eigenvalue weighted by atomic mass is 10.4. The summed E-state index contributed by atoms with van der Waals surface area (Å²) in [6.07, 6.45) is -1.26. The van der Waals surface area contributed by atoms with Crippen molar-refractivity contribution in [1.82, 2.24) is 0 Å². The van der Waals surface area contributed by atoms with Crippen molar-refractivity contribution in [3.63, 3.8) is 0 Å². The van der Waals surface area contributed by atoms with Crippen LogP contribution in [0.1, 0.15) is 0 Å². The second-order valence-corrected chi connectivity index (χ2v) is 3.85. The third kappa shape index (κ3) is 3.77. The minimum absolute atomic E-state index is 0. The van der Waals surface area contributed by atoms with E-state index in [0.717, 1.165) is 7.11 Å². The third-order valence-electron chi connectivity index (χ3n) is 1.38. The van der Waals surface area contributed by atoms with E-state index in [0.29, 0.717) is 0 Å². The number of carbonyl (C=O) groups is 1. The summed E-state index contributed by atoms with van der Waals surface area (Å²) in [6, 6.07) is 7.33. The van der Waals surface area contributed by atoms with Crippen molar-refractivity contribution in [2.75, 3.05) is 7.11 Å². The van der Waals surface area contributed by atoms with Gasteiger partial charge in [-0.2, -0.15) is 8.42 Å². The first kappa shape index (κ1) is 13.7. The predicted octanol–water partition coefficient (Wildman–Crippen LogP) is 1.58. The molecule has 0 spiro atoms. The topological polar surface area (TPSA) is 69.7 Å². The average Bonchev–Trinajstić information content (AvgIpc) is 2.18. The maximum Gasteiger partial charge on any atom is 0.524 e. The van der Waals surface area contributed by atoms with Gasteiger partial charge in [0, 0.05) is 0 Å². The molecule has 0 heterocycles. The van der Waals surface area contributed by atoms with Crippen molar-refractivity contribution in [1.29, 1.82) is 0 Å². The molecule has 0 aromatic heterocycles. The molecular weight excluding hydrogens is 244 g/mol. The minimum Gasteiger partial charge on any atom is -0.437 e. The van der Waals surface area contributed by atoms with Crippen LogP contribution >= 0.6 is 12.4 Å². The summed E-state index contributed by atoms with van der Waals surface area (Å²) in [7, 11) is -3.02. The number of benzene rings is 1. The summed E-state index contributed by atoms with van der Waals surface area (Å²) in [6.45, 7) is 0. The highest BCUT2D eigenvalue weighted by Gasteiger charge is 2.19.